The van der Waals surface area contributed by atoms with Gasteiger partial charge in [0.15, 0.2) is 6.04 Å². The van der Waals surface area contributed by atoms with Gasteiger partial charge in [0.1, 0.15) is 0 Å². The largest absolute Gasteiger partial charge is 0.480 e. The van der Waals surface area contributed by atoms with Crippen LogP contribution in [-0.4, -0.2) is 27.9 Å². The van der Waals surface area contributed by atoms with E-state index in [0.29, 0.717) is 5.75 Å². The highest BCUT2D eigenvalue weighted by atomic mass is 32.2. The monoisotopic (exact) mass is 201 g/mol. The summed E-state index contributed by atoms with van der Waals surface area (Å²) in [5.74, 6) is -0.211. The van der Waals surface area contributed by atoms with Gasteiger partial charge in [-0.1, -0.05) is 20.8 Å². The van der Waals surface area contributed by atoms with Gasteiger partial charge in [0.25, 0.3) is 0 Å². The molecule has 0 bridgehead atoms. The minimum atomic E-state index is -0.809. The second-order valence-corrected chi connectivity index (χ2v) is 5.52. The summed E-state index contributed by atoms with van der Waals surface area (Å²) in [7, 11) is 0. The van der Waals surface area contributed by atoms with E-state index in [1.54, 1.807) is 11.8 Å². The summed E-state index contributed by atoms with van der Waals surface area (Å²) in [4.78, 5) is 14.7. The predicted octanol–water partition coefficient (Wildman–Crippen LogP) is 2.02. The third-order valence-corrected chi connectivity index (χ3v) is 2.74. The van der Waals surface area contributed by atoms with E-state index in [-0.39, 0.29) is 5.41 Å². The number of carboxylic acid groups (broad SMARTS) is 1. The van der Waals surface area contributed by atoms with Crippen LogP contribution in [0.1, 0.15) is 27.2 Å². The molecule has 1 aliphatic rings. The van der Waals surface area contributed by atoms with Crippen molar-refractivity contribution in [2.75, 3.05) is 5.75 Å². The van der Waals surface area contributed by atoms with Crippen LogP contribution < -0.4 is 0 Å². The van der Waals surface area contributed by atoms with Crippen LogP contribution in [0.3, 0.4) is 0 Å². The minimum Gasteiger partial charge on any atom is -0.480 e. The molecule has 1 rings (SSSR count). The van der Waals surface area contributed by atoms with E-state index >= 15 is 0 Å². The maximum Gasteiger partial charge on any atom is 0.329 e. The first-order chi connectivity index (χ1) is 5.88. The summed E-state index contributed by atoms with van der Waals surface area (Å²) in [6.07, 6.45) is 0.876. The van der Waals surface area contributed by atoms with Crippen molar-refractivity contribution in [3.8, 4) is 0 Å². The maximum atomic E-state index is 10.6. The van der Waals surface area contributed by atoms with Crippen molar-refractivity contribution in [3.63, 3.8) is 0 Å². The van der Waals surface area contributed by atoms with Crippen LogP contribution in [0.4, 0.5) is 0 Å². The molecule has 0 radical (unpaired) electrons. The molecule has 1 unspecified atom stereocenters. The van der Waals surface area contributed by atoms with Crippen LogP contribution in [0.15, 0.2) is 4.99 Å². The molecule has 1 N–H and O–H groups in total. The molecule has 74 valence electrons. The van der Waals surface area contributed by atoms with Gasteiger partial charge in [-0.15, -0.1) is 11.8 Å². The van der Waals surface area contributed by atoms with Crippen LogP contribution in [0.2, 0.25) is 0 Å². The number of thioether (sulfide) groups is 1. The quantitative estimate of drug-likeness (QED) is 0.743. The maximum absolute atomic E-state index is 10.6. The molecule has 13 heavy (non-hydrogen) atoms. The topological polar surface area (TPSA) is 49.7 Å². The van der Waals surface area contributed by atoms with Gasteiger partial charge in [-0.25, -0.2) is 4.79 Å². The number of nitrogens with zero attached hydrogens (tertiary/aromatic N) is 1. The molecule has 4 heteroatoms. The molecule has 0 saturated heterocycles. The van der Waals surface area contributed by atoms with Crippen molar-refractivity contribution in [2.24, 2.45) is 10.4 Å². The fourth-order valence-electron chi connectivity index (χ4n) is 1.10. The fraction of sp³-hybridized carbons (Fsp3) is 0.778. The zero-order valence-electron chi connectivity index (χ0n) is 8.20. The first-order valence-electron chi connectivity index (χ1n) is 4.31. The number of carbonyl (C=O) groups is 1. The fourth-order valence-corrected chi connectivity index (χ4v) is 2.40. The van der Waals surface area contributed by atoms with Gasteiger partial charge in [0, 0.05) is 12.2 Å². The Kier molecular flexibility index (Phi) is 3.01. The highest BCUT2D eigenvalue weighted by Crippen LogP contribution is 2.28. The van der Waals surface area contributed by atoms with Crippen LogP contribution >= 0.6 is 11.8 Å². The Labute approximate surface area is 82.6 Å². The molecule has 0 saturated carbocycles. The summed E-state index contributed by atoms with van der Waals surface area (Å²) < 4.78 is 0. The molecule has 1 atom stereocenters. The van der Waals surface area contributed by atoms with Gasteiger partial charge in [-0.2, -0.15) is 0 Å². The highest BCUT2D eigenvalue weighted by molar-refractivity contribution is 8.14. The Balaban J connectivity index is 2.55. The molecular weight excluding hydrogens is 186 g/mol. The zero-order valence-corrected chi connectivity index (χ0v) is 9.02. The van der Waals surface area contributed by atoms with Crippen molar-refractivity contribution in [1.29, 1.82) is 0 Å². The molecule has 1 heterocycles. The second kappa shape index (κ2) is 3.70. The van der Waals surface area contributed by atoms with Crippen LogP contribution in [0, 0.1) is 5.41 Å². The average molecular weight is 201 g/mol. The Morgan fingerprint density at radius 2 is 2.31 bits per heavy atom. The van der Waals surface area contributed by atoms with Crippen molar-refractivity contribution in [3.05, 3.63) is 0 Å². The average Bonchev–Trinajstić information content (AvgIpc) is 2.31. The number of rotatable bonds is 2. The Morgan fingerprint density at radius 1 is 1.69 bits per heavy atom. The predicted molar refractivity (Wildman–Crippen MR) is 55.4 cm³/mol. The van der Waals surface area contributed by atoms with Gasteiger partial charge in [0.2, 0.25) is 0 Å². The van der Waals surface area contributed by atoms with Crippen molar-refractivity contribution >= 4 is 22.8 Å². The molecule has 0 amide bonds. The van der Waals surface area contributed by atoms with Gasteiger partial charge in [-0.3, -0.25) is 4.99 Å². The van der Waals surface area contributed by atoms with Crippen molar-refractivity contribution < 1.29 is 9.90 Å². The molecule has 0 aromatic rings. The van der Waals surface area contributed by atoms with E-state index in [1.165, 1.54) is 0 Å². The Morgan fingerprint density at radius 3 is 2.69 bits per heavy atom. The van der Waals surface area contributed by atoms with Gasteiger partial charge in [0.05, 0.1) is 5.04 Å². The summed E-state index contributed by atoms with van der Waals surface area (Å²) >= 11 is 1.57. The molecule has 0 aliphatic carbocycles. The van der Waals surface area contributed by atoms with Crippen molar-refractivity contribution in [1.82, 2.24) is 0 Å². The SMILES string of the molecule is CC(C)(C)CC1=NC(C(=O)O)CS1. The third kappa shape index (κ3) is 3.38. The minimum absolute atomic E-state index is 0.194. The van der Waals surface area contributed by atoms with E-state index in [2.05, 4.69) is 25.8 Å². The molecule has 3 nitrogen and oxygen atoms in total. The van der Waals surface area contributed by atoms with Crippen LogP contribution in [0.5, 0.6) is 0 Å². The normalized spacial score (nSPS) is 23.0. The molecule has 0 aromatic heterocycles. The molecule has 1 aliphatic heterocycles. The number of hydrogen-bond acceptors (Lipinski definition) is 3. The van der Waals surface area contributed by atoms with E-state index in [0.717, 1.165) is 11.5 Å². The Bertz CT molecular complexity index is 242. The van der Waals surface area contributed by atoms with E-state index in [4.69, 9.17) is 5.11 Å². The van der Waals surface area contributed by atoms with Gasteiger partial charge < -0.3 is 5.11 Å². The lowest BCUT2D eigenvalue weighted by Crippen LogP contribution is -2.17. The smallest absolute Gasteiger partial charge is 0.329 e. The van der Waals surface area contributed by atoms with Gasteiger partial charge in [-0.05, 0) is 5.41 Å². The van der Waals surface area contributed by atoms with Crippen LogP contribution in [-0.2, 0) is 4.79 Å². The Hall–Kier alpha value is -0.510. The van der Waals surface area contributed by atoms with E-state index in [1.807, 2.05) is 0 Å². The van der Waals surface area contributed by atoms with E-state index < -0.39 is 12.0 Å². The van der Waals surface area contributed by atoms with Gasteiger partial charge >= 0.3 is 5.97 Å². The van der Waals surface area contributed by atoms with E-state index in [9.17, 15) is 4.79 Å². The summed E-state index contributed by atoms with van der Waals surface area (Å²) in [5, 5.41) is 9.69. The highest BCUT2D eigenvalue weighted by Gasteiger charge is 2.26. The number of aliphatic carboxylic acids is 1. The molecule has 0 fully saturated rings. The number of carboxylic acids is 1. The zero-order chi connectivity index (χ0) is 10.1. The van der Waals surface area contributed by atoms with Crippen molar-refractivity contribution in [2.45, 2.75) is 33.2 Å². The summed E-state index contributed by atoms with van der Waals surface area (Å²) in [6.45, 7) is 6.39. The first kappa shape index (κ1) is 10.6. The molecule has 0 aromatic carbocycles. The summed E-state index contributed by atoms with van der Waals surface area (Å²) in [5.41, 5.74) is 0.194. The molecular formula is C9H15NO2S. The standard InChI is InChI=1S/C9H15NO2S/c1-9(2,3)4-7-10-6(5-13-7)8(11)12/h6H,4-5H2,1-3H3,(H,11,12). The summed E-state index contributed by atoms with van der Waals surface area (Å²) in [6, 6.07) is -0.512. The number of hydrogen-bond donors (Lipinski definition) is 1. The first-order valence-corrected chi connectivity index (χ1v) is 5.29. The lowest BCUT2D eigenvalue weighted by Gasteiger charge is -2.16. The second-order valence-electron chi connectivity index (χ2n) is 4.43. The lowest BCUT2D eigenvalue weighted by atomic mass is 9.93. The molecule has 0 spiro atoms. The van der Waals surface area contributed by atoms with Crippen LogP contribution in [0.25, 0.3) is 0 Å². The third-order valence-electron chi connectivity index (χ3n) is 1.67. The number of aliphatic imine (C=N–C) groups is 1. The lowest BCUT2D eigenvalue weighted by molar-refractivity contribution is -0.137.